The van der Waals surface area contributed by atoms with E-state index in [0.717, 1.165) is 17.0 Å². The topological polar surface area (TPSA) is 79.5 Å². The molecule has 6 nitrogen and oxygen atoms in total. The van der Waals surface area contributed by atoms with Crippen LogP contribution in [-0.4, -0.2) is 37.6 Å². The van der Waals surface area contributed by atoms with Crippen molar-refractivity contribution in [1.29, 1.82) is 0 Å². The first kappa shape index (κ1) is 14.3. The molecule has 1 saturated heterocycles. The summed E-state index contributed by atoms with van der Waals surface area (Å²) in [5.41, 5.74) is 1.68. The molecule has 1 aliphatic rings. The van der Waals surface area contributed by atoms with Gasteiger partial charge in [0.15, 0.2) is 0 Å². The summed E-state index contributed by atoms with van der Waals surface area (Å²) in [5, 5.41) is 8.40. The average molecular weight is 277 g/mol. The van der Waals surface area contributed by atoms with Gasteiger partial charge in [0, 0.05) is 12.2 Å². The molecule has 2 amide bonds. The Labute approximate surface area is 117 Å². The summed E-state index contributed by atoms with van der Waals surface area (Å²) in [6, 6.07) is 5.12. The summed E-state index contributed by atoms with van der Waals surface area (Å²) in [5.74, 6) is 0.537. The van der Waals surface area contributed by atoms with Crippen molar-refractivity contribution in [1.82, 2.24) is 10.6 Å². The van der Waals surface area contributed by atoms with E-state index in [4.69, 9.17) is 4.74 Å². The summed E-state index contributed by atoms with van der Waals surface area (Å²) < 4.78 is 5.40. The fraction of sp³-hybridized carbons (Fsp3) is 0.429. The number of hydrogen-bond donors (Lipinski definition) is 3. The molecule has 3 N–H and O–H groups in total. The summed E-state index contributed by atoms with van der Waals surface area (Å²) in [4.78, 5) is 23.1. The zero-order valence-corrected chi connectivity index (χ0v) is 11.7. The minimum Gasteiger partial charge on any atom is -0.494 e. The van der Waals surface area contributed by atoms with Gasteiger partial charge in [0.1, 0.15) is 11.8 Å². The van der Waals surface area contributed by atoms with Gasteiger partial charge in [-0.3, -0.25) is 14.9 Å². The molecule has 0 aliphatic carbocycles. The molecular formula is C14H19N3O3. The number of aryl methyl sites for hydroxylation is 1. The Morgan fingerprint density at radius 3 is 2.90 bits per heavy atom. The minimum atomic E-state index is -0.404. The molecule has 0 saturated carbocycles. The Bertz CT molecular complexity index is 506. The lowest BCUT2D eigenvalue weighted by Crippen LogP contribution is -2.56. The quantitative estimate of drug-likeness (QED) is 0.745. The van der Waals surface area contributed by atoms with E-state index < -0.39 is 6.04 Å². The maximum atomic E-state index is 12.1. The normalized spacial score (nSPS) is 18.3. The smallest absolute Gasteiger partial charge is 0.243 e. The first-order valence-electron chi connectivity index (χ1n) is 6.64. The number of ether oxygens (including phenoxy) is 1. The number of hydrogen-bond acceptors (Lipinski definition) is 4. The molecule has 1 unspecified atom stereocenters. The molecule has 6 heteroatoms. The van der Waals surface area contributed by atoms with E-state index in [0.29, 0.717) is 13.2 Å². The van der Waals surface area contributed by atoms with Crippen molar-refractivity contribution in [2.75, 3.05) is 25.0 Å². The van der Waals surface area contributed by atoms with Gasteiger partial charge < -0.3 is 15.4 Å². The molecule has 0 bridgehead atoms. The SMILES string of the molecule is CCOc1ccc(NC(=O)C2CNC(=O)CN2)c(C)c1. The monoisotopic (exact) mass is 277 g/mol. The van der Waals surface area contributed by atoms with Gasteiger partial charge in [-0.05, 0) is 37.6 Å². The number of carbonyl (C=O) groups excluding carboxylic acids is 2. The molecule has 20 heavy (non-hydrogen) atoms. The van der Waals surface area contributed by atoms with Crippen LogP contribution >= 0.6 is 0 Å². The number of amides is 2. The minimum absolute atomic E-state index is 0.0914. The van der Waals surface area contributed by atoms with Crippen molar-refractivity contribution in [3.63, 3.8) is 0 Å². The Morgan fingerprint density at radius 2 is 2.30 bits per heavy atom. The molecule has 1 aliphatic heterocycles. The predicted octanol–water partition coefficient (Wildman–Crippen LogP) is 0.420. The Hall–Kier alpha value is -2.08. The molecule has 1 aromatic rings. The lowest BCUT2D eigenvalue weighted by molar-refractivity contribution is -0.124. The van der Waals surface area contributed by atoms with E-state index in [1.54, 1.807) is 0 Å². The van der Waals surface area contributed by atoms with Crippen LogP contribution in [0.5, 0.6) is 5.75 Å². The molecule has 1 heterocycles. The number of piperazine rings is 1. The van der Waals surface area contributed by atoms with Crippen molar-refractivity contribution in [2.24, 2.45) is 0 Å². The van der Waals surface area contributed by atoms with Gasteiger partial charge in [-0.2, -0.15) is 0 Å². The lowest BCUT2D eigenvalue weighted by Gasteiger charge is -2.23. The largest absolute Gasteiger partial charge is 0.494 e. The van der Waals surface area contributed by atoms with Gasteiger partial charge in [-0.1, -0.05) is 0 Å². The van der Waals surface area contributed by atoms with Crippen molar-refractivity contribution >= 4 is 17.5 Å². The van der Waals surface area contributed by atoms with E-state index in [2.05, 4.69) is 16.0 Å². The summed E-state index contributed by atoms with van der Waals surface area (Å²) >= 11 is 0. The Kier molecular flexibility index (Phi) is 4.57. The fourth-order valence-electron chi connectivity index (χ4n) is 2.00. The van der Waals surface area contributed by atoms with Crippen molar-refractivity contribution < 1.29 is 14.3 Å². The highest BCUT2D eigenvalue weighted by molar-refractivity contribution is 5.97. The van der Waals surface area contributed by atoms with Crippen LogP contribution in [-0.2, 0) is 9.59 Å². The summed E-state index contributed by atoms with van der Waals surface area (Å²) in [6.45, 7) is 4.92. The number of benzene rings is 1. The van der Waals surface area contributed by atoms with E-state index >= 15 is 0 Å². The van der Waals surface area contributed by atoms with Gasteiger partial charge in [0.2, 0.25) is 11.8 Å². The van der Waals surface area contributed by atoms with E-state index in [1.165, 1.54) is 0 Å². The number of rotatable bonds is 4. The molecule has 1 aromatic carbocycles. The molecule has 0 spiro atoms. The van der Waals surface area contributed by atoms with Crippen molar-refractivity contribution in [3.05, 3.63) is 23.8 Å². The first-order chi connectivity index (χ1) is 9.60. The number of nitrogens with one attached hydrogen (secondary N) is 3. The summed E-state index contributed by atoms with van der Waals surface area (Å²) in [6.07, 6.45) is 0. The van der Waals surface area contributed by atoms with Crippen LogP contribution < -0.4 is 20.7 Å². The number of anilines is 1. The third kappa shape index (κ3) is 3.48. The highest BCUT2D eigenvalue weighted by Gasteiger charge is 2.23. The molecule has 1 fully saturated rings. The third-order valence-corrected chi connectivity index (χ3v) is 3.10. The standard InChI is InChI=1S/C14H19N3O3/c1-3-20-10-4-5-11(9(2)6-10)17-14(19)12-7-16-13(18)8-15-12/h4-6,12,15H,3,7-8H2,1-2H3,(H,16,18)(H,17,19). The van der Waals surface area contributed by atoms with Gasteiger partial charge in [0.25, 0.3) is 0 Å². The van der Waals surface area contributed by atoms with E-state index in [1.807, 2.05) is 32.0 Å². The maximum Gasteiger partial charge on any atom is 0.243 e. The van der Waals surface area contributed by atoms with Crippen LogP contribution in [0.3, 0.4) is 0 Å². The number of carbonyl (C=O) groups is 2. The van der Waals surface area contributed by atoms with Gasteiger partial charge in [-0.15, -0.1) is 0 Å². The van der Waals surface area contributed by atoms with Crippen molar-refractivity contribution in [3.8, 4) is 5.75 Å². The second kappa shape index (κ2) is 6.38. The molecule has 0 radical (unpaired) electrons. The van der Waals surface area contributed by atoms with Gasteiger partial charge in [0.05, 0.1) is 13.2 Å². The van der Waals surface area contributed by atoms with Crippen LogP contribution in [0.25, 0.3) is 0 Å². The fourth-order valence-corrected chi connectivity index (χ4v) is 2.00. The van der Waals surface area contributed by atoms with Gasteiger partial charge >= 0.3 is 0 Å². The van der Waals surface area contributed by atoms with Crippen molar-refractivity contribution in [2.45, 2.75) is 19.9 Å². The highest BCUT2D eigenvalue weighted by atomic mass is 16.5. The molecular weight excluding hydrogens is 258 g/mol. The van der Waals surface area contributed by atoms with Gasteiger partial charge in [-0.25, -0.2) is 0 Å². The highest BCUT2D eigenvalue weighted by Crippen LogP contribution is 2.21. The van der Waals surface area contributed by atoms with Crippen LogP contribution in [0, 0.1) is 6.92 Å². The third-order valence-electron chi connectivity index (χ3n) is 3.10. The molecule has 0 aromatic heterocycles. The first-order valence-corrected chi connectivity index (χ1v) is 6.64. The second-order valence-corrected chi connectivity index (χ2v) is 4.64. The Morgan fingerprint density at radius 1 is 1.50 bits per heavy atom. The van der Waals surface area contributed by atoms with Crippen LogP contribution in [0.15, 0.2) is 18.2 Å². The average Bonchev–Trinajstić information content (AvgIpc) is 2.43. The summed E-state index contributed by atoms with van der Waals surface area (Å²) in [7, 11) is 0. The molecule has 1 atom stereocenters. The second-order valence-electron chi connectivity index (χ2n) is 4.64. The predicted molar refractivity (Wildman–Crippen MR) is 75.8 cm³/mol. The Balaban J connectivity index is 1.99. The van der Waals surface area contributed by atoms with E-state index in [-0.39, 0.29) is 18.4 Å². The van der Waals surface area contributed by atoms with Crippen LogP contribution in [0.4, 0.5) is 5.69 Å². The zero-order chi connectivity index (χ0) is 14.5. The maximum absolute atomic E-state index is 12.1. The lowest BCUT2D eigenvalue weighted by atomic mass is 10.1. The molecule has 108 valence electrons. The van der Waals surface area contributed by atoms with E-state index in [9.17, 15) is 9.59 Å². The van der Waals surface area contributed by atoms with Crippen LogP contribution in [0.2, 0.25) is 0 Å². The molecule has 2 rings (SSSR count). The van der Waals surface area contributed by atoms with Crippen LogP contribution in [0.1, 0.15) is 12.5 Å². The zero-order valence-electron chi connectivity index (χ0n) is 11.7.